The van der Waals surface area contributed by atoms with Crippen LogP contribution < -0.4 is 5.32 Å². The summed E-state index contributed by atoms with van der Waals surface area (Å²) in [5, 5.41) is 3.22. The van der Waals surface area contributed by atoms with Gasteiger partial charge in [0.2, 0.25) is 10.0 Å². The first-order valence-electron chi connectivity index (χ1n) is 5.94. The number of nitrogens with zero attached hydrogens (tertiary/aromatic N) is 1. The molecule has 1 aromatic carbocycles. The number of halogens is 2. The molecule has 1 aromatic rings. The summed E-state index contributed by atoms with van der Waals surface area (Å²) in [5.41, 5.74) is 0. The molecule has 2 unspecified atom stereocenters. The molecule has 7 heteroatoms. The van der Waals surface area contributed by atoms with Crippen molar-refractivity contribution in [3.05, 3.63) is 30.1 Å². The Hall–Kier alpha value is -0.690. The van der Waals surface area contributed by atoms with Crippen molar-refractivity contribution in [3.63, 3.8) is 0 Å². The predicted octanol–water partition coefficient (Wildman–Crippen LogP) is 1.62. The molecule has 1 aliphatic heterocycles. The molecular weight excluding hydrogens is 291 g/mol. The number of nitrogens with one attached hydrogen (secondary N) is 1. The first kappa shape index (κ1) is 16.4. The highest BCUT2D eigenvalue weighted by Crippen LogP contribution is 2.21. The first-order chi connectivity index (χ1) is 8.43. The Balaban J connectivity index is 0.00000180. The van der Waals surface area contributed by atoms with E-state index in [0.29, 0.717) is 13.1 Å². The lowest BCUT2D eigenvalue weighted by Gasteiger charge is -2.37. The van der Waals surface area contributed by atoms with Crippen molar-refractivity contribution in [2.75, 3.05) is 13.1 Å². The molecule has 0 aliphatic carbocycles. The zero-order valence-corrected chi connectivity index (χ0v) is 12.5. The monoisotopic (exact) mass is 308 g/mol. The summed E-state index contributed by atoms with van der Waals surface area (Å²) >= 11 is 0. The normalized spacial score (nSPS) is 24.8. The van der Waals surface area contributed by atoms with E-state index in [1.807, 2.05) is 13.8 Å². The molecule has 1 heterocycles. The molecule has 0 bridgehead atoms. The van der Waals surface area contributed by atoms with Crippen molar-refractivity contribution >= 4 is 22.4 Å². The highest BCUT2D eigenvalue weighted by Gasteiger charge is 2.34. The molecule has 1 aliphatic rings. The quantitative estimate of drug-likeness (QED) is 0.903. The van der Waals surface area contributed by atoms with Gasteiger partial charge in [0.25, 0.3) is 0 Å². The fourth-order valence-electron chi connectivity index (χ4n) is 2.13. The number of rotatable bonds is 2. The van der Waals surface area contributed by atoms with Crippen molar-refractivity contribution in [1.82, 2.24) is 9.62 Å². The summed E-state index contributed by atoms with van der Waals surface area (Å²) < 4.78 is 39.4. The molecule has 4 nitrogen and oxygen atoms in total. The minimum absolute atomic E-state index is 0. The van der Waals surface area contributed by atoms with Crippen molar-refractivity contribution in [1.29, 1.82) is 0 Å². The highest BCUT2D eigenvalue weighted by atomic mass is 35.5. The maximum atomic E-state index is 13.1. The van der Waals surface area contributed by atoms with Crippen LogP contribution >= 0.6 is 12.4 Å². The Kier molecular flexibility index (Phi) is 5.32. The number of sulfonamides is 1. The largest absolute Gasteiger partial charge is 0.311 e. The Morgan fingerprint density at radius 3 is 2.68 bits per heavy atom. The number of piperazine rings is 1. The topological polar surface area (TPSA) is 49.4 Å². The summed E-state index contributed by atoms with van der Waals surface area (Å²) in [6.07, 6.45) is 0. The molecule has 1 fully saturated rings. The molecule has 1 N–H and O–H groups in total. The van der Waals surface area contributed by atoms with Crippen LogP contribution in [-0.2, 0) is 10.0 Å². The smallest absolute Gasteiger partial charge is 0.243 e. The van der Waals surface area contributed by atoms with Gasteiger partial charge in [-0.3, -0.25) is 0 Å². The third kappa shape index (κ3) is 3.25. The second-order valence-corrected chi connectivity index (χ2v) is 6.45. The first-order valence-corrected chi connectivity index (χ1v) is 7.38. The fraction of sp³-hybridized carbons (Fsp3) is 0.500. The second-order valence-electron chi connectivity index (χ2n) is 4.56. The van der Waals surface area contributed by atoms with Gasteiger partial charge in [0.05, 0.1) is 4.90 Å². The average Bonchev–Trinajstić information content (AvgIpc) is 2.32. The van der Waals surface area contributed by atoms with Crippen molar-refractivity contribution in [2.24, 2.45) is 0 Å². The van der Waals surface area contributed by atoms with Gasteiger partial charge in [-0.2, -0.15) is 4.31 Å². The van der Waals surface area contributed by atoms with Crippen LogP contribution in [0.4, 0.5) is 4.39 Å². The van der Waals surface area contributed by atoms with E-state index in [-0.39, 0.29) is 29.4 Å². The van der Waals surface area contributed by atoms with E-state index in [4.69, 9.17) is 0 Å². The van der Waals surface area contributed by atoms with E-state index in [0.717, 1.165) is 6.07 Å². The molecule has 2 atom stereocenters. The minimum Gasteiger partial charge on any atom is -0.311 e. The molecule has 0 aromatic heterocycles. The van der Waals surface area contributed by atoms with Gasteiger partial charge in [0.1, 0.15) is 5.82 Å². The lowest BCUT2D eigenvalue weighted by atomic mass is 10.1. The van der Waals surface area contributed by atoms with Gasteiger partial charge < -0.3 is 5.32 Å². The lowest BCUT2D eigenvalue weighted by molar-refractivity contribution is 0.233. The van der Waals surface area contributed by atoms with Crippen molar-refractivity contribution < 1.29 is 12.8 Å². The van der Waals surface area contributed by atoms with Crippen LogP contribution in [-0.4, -0.2) is 37.9 Å². The van der Waals surface area contributed by atoms with E-state index in [9.17, 15) is 12.8 Å². The Morgan fingerprint density at radius 1 is 1.37 bits per heavy atom. The van der Waals surface area contributed by atoms with Crippen LogP contribution in [0.1, 0.15) is 13.8 Å². The standard InChI is InChI=1S/C12H17FN2O2S.ClH/c1-9-10(2)15(7-6-14-9)18(16,17)12-5-3-4-11(13)8-12;/h3-5,8-10,14H,6-7H2,1-2H3;1H. The van der Waals surface area contributed by atoms with Crippen LogP contribution in [0.5, 0.6) is 0 Å². The van der Waals surface area contributed by atoms with Crippen molar-refractivity contribution in [2.45, 2.75) is 30.8 Å². The van der Waals surface area contributed by atoms with Gasteiger partial charge in [-0.25, -0.2) is 12.8 Å². The van der Waals surface area contributed by atoms with Gasteiger partial charge in [-0.1, -0.05) is 6.07 Å². The van der Waals surface area contributed by atoms with Crippen LogP contribution in [0.25, 0.3) is 0 Å². The van der Waals surface area contributed by atoms with Gasteiger partial charge >= 0.3 is 0 Å². The summed E-state index contributed by atoms with van der Waals surface area (Å²) in [5.74, 6) is -0.535. The van der Waals surface area contributed by atoms with E-state index < -0.39 is 15.8 Å². The van der Waals surface area contributed by atoms with Crippen LogP contribution in [0.15, 0.2) is 29.2 Å². The zero-order chi connectivity index (χ0) is 13.3. The molecule has 0 spiro atoms. The maximum Gasteiger partial charge on any atom is 0.243 e. The van der Waals surface area contributed by atoms with Crippen LogP contribution in [0.2, 0.25) is 0 Å². The maximum absolute atomic E-state index is 13.1. The molecule has 19 heavy (non-hydrogen) atoms. The van der Waals surface area contributed by atoms with E-state index in [1.54, 1.807) is 0 Å². The minimum atomic E-state index is -3.61. The summed E-state index contributed by atoms with van der Waals surface area (Å²) in [4.78, 5) is 0.0171. The van der Waals surface area contributed by atoms with E-state index in [1.165, 1.54) is 22.5 Å². The van der Waals surface area contributed by atoms with Gasteiger partial charge in [0.15, 0.2) is 0 Å². The lowest BCUT2D eigenvalue weighted by Crippen LogP contribution is -2.57. The fourth-order valence-corrected chi connectivity index (χ4v) is 3.86. The third-order valence-corrected chi connectivity index (χ3v) is 5.36. The van der Waals surface area contributed by atoms with Crippen LogP contribution in [0.3, 0.4) is 0 Å². The Bertz CT molecular complexity index is 538. The molecular formula is C12H18ClFN2O2S. The predicted molar refractivity (Wildman–Crippen MR) is 74.5 cm³/mol. The van der Waals surface area contributed by atoms with E-state index in [2.05, 4.69) is 5.32 Å². The average molecular weight is 309 g/mol. The molecule has 0 saturated carbocycles. The van der Waals surface area contributed by atoms with Gasteiger partial charge in [0, 0.05) is 25.2 Å². The summed E-state index contributed by atoms with van der Waals surface area (Å²) in [6.45, 7) is 4.82. The Morgan fingerprint density at radius 2 is 2.05 bits per heavy atom. The van der Waals surface area contributed by atoms with Gasteiger partial charge in [-0.05, 0) is 32.0 Å². The highest BCUT2D eigenvalue weighted by molar-refractivity contribution is 7.89. The number of hydrogen-bond donors (Lipinski definition) is 1. The molecule has 108 valence electrons. The summed E-state index contributed by atoms with van der Waals surface area (Å²) in [6, 6.07) is 5.09. The molecule has 0 amide bonds. The number of benzene rings is 1. The SMILES string of the molecule is CC1NCCN(S(=O)(=O)c2cccc(F)c2)C1C.Cl. The third-order valence-electron chi connectivity index (χ3n) is 3.38. The van der Waals surface area contributed by atoms with Crippen LogP contribution in [0, 0.1) is 5.82 Å². The van der Waals surface area contributed by atoms with Gasteiger partial charge in [-0.15, -0.1) is 12.4 Å². The van der Waals surface area contributed by atoms with E-state index >= 15 is 0 Å². The molecule has 0 radical (unpaired) electrons. The second kappa shape index (κ2) is 6.17. The number of hydrogen-bond acceptors (Lipinski definition) is 3. The summed E-state index contributed by atoms with van der Waals surface area (Å²) in [7, 11) is -3.61. The Labute approximate surface area is 119 Å². The molecule has 1 saturated heterocycles. The zero-order valence-electron chi connectivity index (χ0n) is 10.8. The molecule has 2 rings (SSSR count). The van der Waals surface area contributed by atoms with Crippen molar-refractivity contribution in [3.8, 4) is 0 Å².